The van der Waals surface area contributed by atoms with Gasteiger partial charge in [0.1, 0.15) is 0 Å². The van der Waals surface area contributed by atoms with E-state index in [9.17, 15) is 0 Å². The van der Waals surface area contributed by atoms with Gasteiger partial charge in [0, 0.05) is 13.7 Å². The molecule has 2 unspecified atom stereocenters. The van der Waals surface area contributed by atoms with Crippen molar-refractivity contribution in [3.05, 3.63) is 0 Å². The molecule has 3 nitrogen and oxygen atoms in total. The second-order valence-corrected chi connectivity index (χ2v) is 3.35. The fourth-order valence-corrected chi connectivity index (χ4v) is 1.30. The average molecular weight is 173 g/mol. The quantitative estimate of drug-likeness (QED) is 0.682. The van der Waals surface area contributed by atoms with Crippen LogP contribution in [0.25, 0.3) is 0 Å². The van der Waals surface area contributed by atoms with Crippen molar-refractivity contribution in [1.29, 1.82) is 0 Å². The molecular formula is C9H19NO2. The van der Waals surface area contributed by atoms with Crippen molar-refractivity contribution in [3.63, 3.8) is 0 Å². The van der Waals surface area contributed by atoms with E-state index in [2.05, 4.69) is 5.32 Å². The van der Waals surface area contributed by atoms with E-state index in [0.717, 1.165) is 13.1 Å². The molecule has 2 atom stereocenters. The lowest BCUT2D eigenvalue weighted by molar-refractivity contribution is -0.0270. The van der Waals surface area contributed by atoms with Crippen LogP contribution in [0.5, 0.6) is 0 Å². The molecule has 0 aliphatic carbocycles. The van der Waals surface area contributed by atoms with E-state index < -0.39 is 0 Å². The second kappa shape index (κ2) is 5.51. The van der Waals surface area contributed by atoms with E-state index >= 15 is 0 Å². The second-order valence-electron chi connectivity index (χ2n) is 3.35. The van der Waals surface area contributed by atoms with Crippen LogP contribution in [0.1, 0.15) is 19.8 Å². The fraction of sp³-hybridized carbons (Fsp3) is 1.00. The molecule has 1 rings (SSSR count). The van der Waals surface area contributed by atoms with Crippen molar-refractivity contribution in [2.45, 2.75) is 32.0 Å². The predicted octanol–water partition coefficient (Wildman–Crippen LogP) is 0.790. The summed E-state index contributed by atoms with van der Waals surface area (Å²) in [6.45, 7) is 4.87. The maximum atomic E-state index is 5.65. The van der Waals surface area contributed by atoms with E-state index in [1.807, 2.05) is 6.92 Å². The largest absolute Gasteiger partial charge is 0.379 e. The van der Waals surface area contributed by atoms with Gasteiger partial charge >= 0.3 is 0 Å². The smallest absolute Gasteiger partial charge is 0.0776 e. The zero-order chi connectivity index (χ0) is 8.81. The fourth-order valence-electron chi connectivity index (χ4n) is 1.30. The zero-order valence-corrected chi connectivity index (χ0v) is 8.01. The molecule has 72 valence electrons. The summed E-state index contributed by atoms with van der Waals surface area (Å²) in [5, 5.41) is 3.31. The highest BCUT2D eigenvalue weighted by atomic mass is 16.5. The molecule has 0 spiro atoms. The van der Waals surface area contributed by atoms with Crippen LogP contribution < -0.4 is 5.32 Å². The summed E-state index contributed by atoms with van der Waals surface area (Å²) < 4.78 is 10.7. The van der Waals surface area contributed by atoms with Crippen molar-refractivity contribution in [3.8, 4) is 0 Å². The van der Waals surface area contributed by atoms with Gasteiger partial charge in [-0.3, -0.25) is 0 Å². The molecule has 0 aromatic heterocycles. The van der Waals surface area contributed by atoms with Gasteiger partial charge in [-0.05, 0) is 26.3 Å². The molecule has 0 saturated carbocycles. The van der Waals surface area contributed by atoms with E-state index in [1.165, 1.54) is 12.8 Å². The third kappa shape index (κ3) is 3.52. The monoisotopic (exact) mass is 173 g/mol. The Morgan fingerprint density at radius 1 is 1.58 bits per heavy atom. The molecule has 3 heteroatoms. The molecule has 1 fully saturated rings. The van der Waals surface area contributed by atoms with Crippen LogP contribution in [0.15, 0.2) is 0 Å². The molecule has 0 aromatic rings. The summed E-state index contributed by atoms with van der Waals surface area (Å²) in [4.78, 5) is 0. The van der Waals surface area contributed by atoms with Gasteiger partial charge < -0.3 is 14.8 Å². The standard InChI is InChI=1S/C9H19NO2/c1-8(11-2)7-12-9-4-3-5-10-6-9/h8-10H,3-7H2,1-2H3. The molecule has 1 N–H and O–H groups in total. The number of rotatable bonds is 4. The molecule has 1 aliphatic rings. The van der Waals surface area contributed by atoms with Crippen LogP contribution >= 0.6 is 0 Å². The first-order valence-electron chi connectivity index (χ1n) is 4.68. The zero-order valence-electron chi connectivity index (χ0n) is 8.01. The number of hydrogen-bond donors (Lipinski definition) is 1. The Kier molecular flexibility index (Phi) is 4.58. The van der Waals surface area contributed by atoms with Crippen molar-refractivity contribution in [2.75, 3.05) is 26.8 Å². The number of nitrogens with one attached hydrogen (secondary N) is 1. The molecule has 0 amide bonds. The molecule has 1 aliphatic heterocycles. The van der Waals surface area contributed by atoms with Crippen molar-refractivity contribution >= 4 is 0 Å². The van der Waals surface area contributed by atoms with Crippen molar-refractivity contribution in [1.82, 2.24) is 5.32 Å². The summed E-state index contributed by atoms with van der Waals surface area (Å²) >= 11 is 0. The lowest BCUT2D eigenvalue weighted by Gasteiger charge is -2.24. The van der Waals surface area contributed by atoms with Crippen LogP contribution in [0.4, 0.5) is 0 Å². The minimum Gasteiger partial charge on any atom is -0.379 e. The summed E-state index contributed by atoms with van der Waals surface area (Å²) in [7, 11) is 1.72. The van der Waals surface area contributed by atoms with E-state index in [-0.39, 0.29) is 6.10 Å². The summed E-state index contributed by atoms with van der Waals surface area (Å²) in [5.41, 5.74) is 0. The third-order valence-electron chi connectivity index (χ3n) is 2.22. The highest BCUT2D eigenvalue weighted by molar-refractivity contribution is 4.68. The van der Waals surface area contributed by atoms with Gasteiger partial charge in [-0.1, -0.05) is 0 Å². The first kappa shape index (κ1) is 9.96. The van der Waals surface area contributed by atoms with E-state index in [1.54, 1.807) is 7.11 Å². The minimum atomic E-state index is 0.215. The Morgan fingerprint density at radius 3 is 3.00 bits per heavy atom. The summed E-state index contributed by atoms with van der Waals surface area (Å²) in [6, 6.07) is 0. The molecule has 1 heterocycles. The molecule has 1 saturated heterocycles. The number of piperidine rings is 1. The number of ether oxygens (including phenoxy) is 2. The summed E-state index contributed by atoms with van der Waals surface area (Å²) in [5.74, 6) is 0. The van der Waals surface area contributed by atoms with Crippen LogP contribution in [-0.2, 0) is 9.47 Å². The predicted molar refractivity (Wildman–Crippen MR) is 48.3 cm³/mol. The highest BCUT2D eigenvalue weighted by Crippen LogP contribution is 2.06. The Labute approximate surface area is 74.4 Å². The third-order valence-corrected chi connectivity index (χ3v) is 2.22. The van der Waals surface area contributed by atoms with Crippen molar-refractivity contribution < 1.29 is 9.47 Å². The Hall–Kier alpha value is -0.120. The molecule has 0 bridgehead atoms. The number of hydrogen-bond acceptors (Lipinski definition) is 3. The lowest BCUT2D eigenvalue weighted by Crippen LogP contribution is -2.36. The highest BCUT2D eigenvalue weighted by Gasteiger charge is 2.13. The first-order valence-corrected chi connectivity index (χ1v) is 4.68. The van der Waals surface area contributed by atoms with Gasteiger partial charge in [0.25, 0.3) is 0 Å². The Bertz CT molecular complexity index is 113. The molecule has 12 heavy (non-hydrogen) atoms. The van der Waals surface area contributed by atoms with Crippen molar-refractivity contribution in [2.24, 2.45) is 0 Å². The van der Waals surface area contributed by atoms with Crippen LogP contribution in [0.2, 0.25) is 0 Å². The van der Waals surface area contributed by atoms with Gasteiger partial charge in [-0.25, -0.2) is 0 Å². The van der Waals surface area contributed by atoms with E-state index in [0.29, 0.717) is 12.7 Å². The van der Waals surface area contributed by atoms with E-state index in [4.69, 9.17) is 9.47 Å². The molecule has 0 radical (unpaired) electrons. The van der Waals surface area contributed by atoms with Gasteiger partial charge in [0.2, 0.25) is 0 Å². The normalized spacial score (nSPS) is 27.0. The lowest BCUT2D eigenvalue weighted by atomic mass is 10.1. The van der Waals surface area contributed by atoms with Crippen LogP contribution in [0, 0.1) is 0 Å². The molecule has 0 aromatic carbocycles. The van der Waals surface area contributed by atoms with Gasteiger partial charge in [0.15, 0.2) is 0 Å². The Balaban J connectivity index is 2.05. The number of methoxy groups -OCH3 is 1. The molecular weight excluding hydrogens is 154 g/mol. The average Bonchev–Trinajstić information content (AvgIpc) is 2.16. The van der Waals surface area contributed by atoms with Gasteiger partial charge in [-0.2, -0.15) is 0 Å². The maximum absolute atomic E-state index is 5.65. The first-order chi connectivity index (χ1) is 5.83. The maximum Gasteiger partial charge on any atom is 0.0776 e. The van der Waals surface area contributed by atoms with Gasteiger partial charge in [-0.15, -0.1) is 0 Å². The minimum absolute atomic E-state index is 0.215. The van der Waals surface area contributed by atoms with Gasteiger partial charge in [0.05, 0.1) is 18.8 Å². The topological polar surface area (TPSA) is 30.5 Å². The van der Waals surface area contributed by atoms with Crippen LogP contribution in [0.3, 0.4) is 0 Å². The summed E-state index contributed by atoms with van der Waals surface area (Å²) in [6.07, 6.45) is 3.03. The Morgan fingerprint density at radius 2 is 2.42 bits per heavy atom. The SMILES string of the molecule is COC(C)COC1CCCNC1. The van der Waals surface area contributed by atoms with Crippen LogP contribution in [-0.4, -0.2) is 39.0 Å².